The van der Waals surface area contributed by atoms with Gasteiger partial charge < -0.3 is 14.8 Å². The van der Waals surface area contributed by atoms with Crippen molar-refractivity contribution in [1.29, 1.82) is 0 Å². The van der Waals surface area contributed by atoms with E-state index in [1.165, 1.54) is 18.2 Å². The van der Waals surface area contributed by atoms with E-state index in [0.29, 0.717) is 34.9 Å². The minimum Gasteiger partial charge on any atom is -0.454 e. The van der Waals surface area contributed by atoms with Crippen LogP contribution in [0.2, 0.25) is 0 Å². The number of anilines is 1. The number of pyridine rings is 1. The van der Waals surface area contributed by atoms with Gasteiger partial charge in [0, 0.05) is 30.6 Å². The molecule has 2 aromatic carbocycles. The molecule has 0 fully saturated rings. The highest BCUT2D eigenvalue weighted by atomic mass is 32.2. The molecule has 154 valence electrons. The Bertz CT molecular complexity index is 1200. The number of carbonyl (C=O) groups excluding carboxylic acids is 1. The summed E-state index contributed by atoms with van der Waals surface area (Å²) >= 11 is 0. The Kier molecular flexibility index (Phi) is 5.28. The Morgan fingerprint density at radius 1 is 1.10 bits per heavy atom. The highest BCUT2D eigenvalue weighted by molar-refractivity contribution is 7.92. The minimum atomic E-state index is -3.88. The van der Waals surface area contributed by atoms with E-state index in [0.717, 1.165) is 5.56 Å². The number of nitrogens with zero attached hydrogens (tertiary/aromatic N) is 1. The number of sulfonamides is 1. The van der Waals surface area contributed by atoms with Crippen molar-refractivity contribution in [3.63, 3.8) is 0 Å². The minimum absolute atomic E-state index is 0.0394. The lowest BCUT2D eigenvalue weighted by Gasteiger charge is -2.13. The number of fused-ring (bicyclic) bond motifs is 1. The number of carbonyl (C=O) groups is 1. The lowest BCUT2D eigenvalue weighted by molar-refractivity contribution is 0.0951. The molecule has 2 N–H and O–H groups in total. The molecular formula is C21H19N3O5S. The lowest BCUT2D eigenvalue weighted by Crippen LogP contribution is -2.23. The topological polar surface area (TPSA) is 107 Å². The van der Waals surface area contributed by atoms with Crippen molar-refractivity contribution in [3.05, 3.63) is 77.6 Å². The van der Waals surface area contributed by atoms with Crippen molar-refractivity contribution in [2.75, 3.05) is 11.5 Å². The van der Waals surface area contributed by atoms with Gasteiger partial charge in [0.05, 0.1) is 10.6 Å². The second kappa shape index (κ2) is 8.03. The summed E-state index contributed by atoms with van der Waals surface area (Å²) in [5.41, 5.74) is 2.21. The van der Waals surface area contributed by atoms with Crippen LogP contribution in [0.4, 0.5) is 5.69 Å². The Morgan fingerprint density at radius 3 is 2.73 bits per heavy atom. The maximum absolute atomic E-state index is 12.8. The average molecular weight is 425 g/mol. The average Bonchev–Trinajstić information content (AvgIpc) is 3.22. The smallest absolute Gasteiger partial charge is 0.262 e. The molecule has 0 radical (unpaired) electrons. The zero-order chi connectivity index (χ0) is 21.1. The van der Waals surface area contributed by atoms with E-state index in [4.69, 9.17) is 9.47 Å². The molecule has 30 heavy (non-hydrogen) atoms. The monoisotopic (exact) mass is 425 g/mol. The summed E-state index contributed by atoms with van der Waals surface area (Å²) in [5, 5.41) is 2.80. The molecule has 0 saturated heterocycles. The summed E-state index contributed by atoms with van der Waals surface area (Å²) in [6.07, 6.45) is 3.32. The SMILES string of the molecule is Cc1ccc(C(=O)NCc2cccnc2)cc1NS(=O)(=O)c1ccc2c(c1)OCO2. The molecule has 0 aliphatic carbocycles. The maximum Gasteiger partial charge on any atom is 0.262 e. The van der Waals surface area contributed by atoms with Crippen LogP contribution in [0.25, 0.3) is 0 Å². The number of benzene rings is 2. The van der Waals surface area contributed by atoms with Gasteiger partial charge in [-0.05, 0) is 48.4 Å². The predicted octanol–water partition coefficient (Wildman–Crippen LogP) is 2.85. The fourth-order valence-corrected chi connectivity index (χ4v) is 4.04. The molecule has 0 spiro atoms. The largest absolute Gasteiger partial charge is 0.454 e. The summed E-state index contributed by atoms with van der Waals surface area (Å²) in [6.45, 7) is 2.13. The first kappa shape index (κ1) is 19.7. The summed E-state index contributed by atoms with van der Waals surface area (Å²) < 4.78 is 38.7. The zero-order valence-electron chi connectivity index (χ0n) is 16.1. The molecule has 8 nitrogen and oxygen atoms in total. The zero-order valence-corrected chi connectivity index (χ0v) is 16.9. The van der Waals surface area contributed by atoms with E-state index in [9.17, 15) is 13.2 Å². The van der Waals surface area contributed by atoms with Crippen LogP contribution < -0.4 is 19.5 Å². The number of nitrogens with one attached hydrogen (secondary N) is 2. The molecule has 1 amide bonds. The molecule has 1 aromatic heterocycles. The molecule has 3 aromatic rings. The van der Waals surface area contributed by atoms with E-state index in [1.54, 1.807) is 43.6 Å². The maximum atomic E-state index is 12.8. The third-order valence-corrected chi connectivity index (χ3v) is 5.94. The van der Waals surface area contributed by atoms with Gasteiger partial charge in [0.15, 0.2) is 11.5 Å². The first-order valence-corrected chi connectivity index (χ1v) is 10.6. The Labute approximate surface area is 173 Å². The van der Waals surface area contributed by atoms with Gasteiger partial charge >= 0.3 is 0 Å². The molecule has 4 rings (SSSR count). The molecule has 0 atom stereocenters. The first-order chi connectivity index (χ1) is 14.4. The van der Waals surface area contributed by atoms with Crippen molar-refractivity contribution in [3.8, 4) is 11.5 Å². The summed E-state index contributed by atoms with van der Waals surface area (Å²) in [5.74, 6) is 0.554. The summed E-state index contributed by atoms with van der Waals surface area (Å²) in [6, 6.07) is 12.9. The molecule has 0 unspecified atom stereocenters. The lowest BCUT2D eigenvalue weighted by atomic mass is 10.1. The number of aryl methyl sites for hydroxylation is 1. The van der Waals surface area contributed by atoms with E-state index < -0.39 is 10.0 Å². The second-order valence-corrected chi connectivity index (χ2v) is 8.38. The Balaban J connectivity index is 1.52. The van der Waals surface area contributed by atoms with Crippen molar-refractivity contribution in [2.45, 2.75) is 18.4 Å². The van der Waals surface area contributed by atoms with E-state index >= 15 is 0 Å². The number of aromatic nitrogens is 1. The first-order valence-electron chi connectivity index (χ1n) is 9.12. The third-order valence-electron chi connectivity index (χ3n) is 4.57. The van der Waals surface area contributed by atoms with Gasteiger partial charge in [-0.3, -0.25) is 14.5 Å². The standard InChI is InChI=1S/C21H19N3O5S/c1-14-4-5-16(21(25)23-12-15-3-2-8-22-11-15)9-18(14)24-30(26,27)17-6-7-19-20(10-17)29-13-28-19/h2-11,24H,12-13H2,1H3,(H,23,25). The molecule has 0 saturated carbocycles. The molecular weight excluding hydrogens is 406 g/mol. The summed E-state index contributed by atoms with van der Waals surface area (Å²) in [4.78, 5) is 16.6. The van der Waals surface area contributed by atoms with Crippen LogP contribution >= 0.6 is 0 Å². The van der Waals surface area contributed by atoms with Gasteiger partial charge in [0.1, 0.15) is 0 Å². The van der Waals surface area contributed by atoms with E-state index in [-0.39, 0.29) is 17.6 Å². The molecule has 0 bridgehead atoms. The highest BCUT2D eigenvalue weighted by Gasteiger charge is 2.21. The van der Waals surface area contributed by atoms with Crippen LogP contribution in [-0.4, -0.2) is 26.1 Å². The molecule has 1 aliphatic heterocycles. The molecule has 9 heteroatoms. The van der Waals surface area contributed by atoms with Crippen LogP contribution in [0.1, 0.15) is 21.5 Å². The van der Waals surface area contributed by atoms with Gasteiger partial charge in [0.25, 0.3) is 15.9 Å². The van der Waals surface area contributed by atoms with E-state index in [2.05, 4.69) is 15.0 Å². The van der Waals surface area contributed by atoms with Crippen LogP contribution in [0, 0.1) is 6.92 Å². The van der Waals surface area contributed by atoms with Gasteiger partial charge in [-0.25, -0.2) is 8.42 Å². The number of hydrogen-bond acceptors (Lipinski definition) is 6. The predicted molar refractivity (Wildman–Crippen MR) is 110 cm³/mol. The van der Waals surface area contributed by atoms with Crippen molar-refractivity contribution in [2.24, 2.45) is 0 Å². The third kappa shape index (κ3) is 4.20. The number of rotatable bonds is 6. The summed E-state index contributed by atoms with van der Waals surface area (Å²) in [7, 11) is -3.88. The van der Waals surface area contributed by atoms with Gasteiger partial charge in [-0.1, -0.05) is 12.1 Å². The fourth-order valence-electron chi connectivity index (χ4n) is 2.91. The Hall–Kier alpha value is -3.59. The highest BCUT2D eigenvalue weighted by Crippen LogP contribution is 2.34. The van der Waals surface area contributed by atoms with Gasteiger partial charge in [-0.2, -0.15) is 0 Å². The van der Waals surface area contributed by atoms with Crippen molar-refractivity contribution in [1.82, 2.24) is 10.3 Å². The molecule has 1 aliphatic rings. The number of hydrogen-bond donors (Lipinski definition) is 2. The Morgan fingerprint density at radius 2 is 1.93 bits per heavy atom. The van der Waals surface area contributed by atoms with Crippen LogP contribution in [0.15, 0.2) is 65.8 Å². The van der Waals surface area contributed by atoms with Crippen molar-refractivity contribution < 1.29 is 22.7 Å². The van der Waals surface area contributed by atoms with E-state index in [1.807, 2.05) is 6.07 Å². The normalized spacial score (nSPS) is 12.4. The van der Waals surface area contributed by atoms with Crippen LogP contribution in [-0.2, 0) is 16.6 Å². The quantitative estimate of drug-likeness (QED) is 0.629. The second-order valence-electron chi connectivity index (χ2n) is 6.69. The van der Waals surface area contributed by atoms with Crippen LogP contribution in [0.5, 0.6) is 11.5 Å². The number of amides is 1. The van der Waals surface area contributed by atoms with Gasteiger partial charge in [-0.15, -0.1) is 0 Å². The number of ether oxygens (including phenoxy) is 2. The van der Waals surface area contributed by atoms with Gasteiger partial charge in [0.2, 0.25) is 6.79 Å². The molecule has 2 heterocycles. The fraction of sp³-hybridized carbons (Fsp3) is 0.143. The van der Waals surface area contributed by atoms with Crippen LogP contribution in [0.3, 0.4) is 0 Å². The van der Waals surface area contributed by atoms with Crippen molar-refractivity contribution >= 4 is 21.6 Å².